The van der Waals surface area contributed by atoms with Crippen LogP contribution in [-0.4, -0.2) is 43.0 Å². The molecule has 30 heavy (non-hydrogen) atoms. The van der Waals surface area contributed by atoms with Crippen LogP contribution < -0.4 is 14.8 Å². The maximum atomic E-state index is 13.1. The first-order valence-corrected chi connectivity index (χ1v) is 10.4. The topological polar surface area (TPSA) is 67.9 Å². The zero-order valence-electron chi connectivity index (χ0n) is 17.7. The lowest BCUT2D eigenvalue weighted by Gasteiger charge is -2.30. The highest BCUT2D eigenvalue weighted by Gasteiger charge is 2.28. The highest BCUT2D eigenvalue weighted by atomic mass is 35.5. The van der Waals surface area contributed by atoms with Crippen LogP contribution in [0.3, 0.4) is 0 Å². The van der Waals surface area contributed by atoms with Crippen molar-refractivity contribution in [1.82, 2.24) is 10.2 Å². The summed E-state index contributed by atoms with van der Waals surface area (Å²) in [5.74, 6) is 0.568. The second-order valence-electron chi connectivity index (χ2n) is 6.80. The standard InChI is InChI=1S/C23H29ClN2O4/c1-4-14-25-23(28)19(5-2)26(15-17-10-12-18(24)13-11-17)22(27)16-30-21-9-7-6-8-20(21)29-3/h6-13,19H,4-5,14-16H2,1-3H3,(H,25,28)/t19-/m0/s1. The first kappa shape index (κ1) is 23.5. The molecule has 0 radical (unpaired) electrons. The quantitative estimate of drug-likeness (QED) is 0.581. The molecule has 0 bridgehead atoms. The number of rotatable bonds is 11. The van der Waals surface area contributed by atoms with Crippen LogP contribution in [0.15, 0.2) is 48.5 Å². The van der Waals surface area contributed by atoms with Crippen LogP contribution in [0.1, 0.15) is 32.3 Å². The monoisotopic (exact) mass is 432 g/mol. The normalized spacial score (nSPS) is 11.5. The number of benzene rings is 2. The molecule has 0 aliphatic carbocycles. The summed E-state index contributed by atoms with van der Waals surface area (Å²) >= 11 is 5.98. The molecular formula is C23H29ClN2O4. The van der Waals surface area contributed by atoms with Crippen LogP contribution in [0.4, 0.5) is 0 Å². The van der Waals surface area contributed by atoms with Crippen molar-refractivity contribution in [3.8, 4) is 11.5 Å². The number of ether oxygens (including phenoxy) is 2. The Kier molecular flexibility index (Phi) is 9.48. The van der Waals surface area contributed by atoms with E-state index in [2.05, 4.69) is 5.32 Å². The molecule has 1 atom stereocenters. The number of hydrogen-bond acceptors (Lipinski definition) is 4. The van der Waals surface area contributed by atoms with E-state index in [1.165, 1.54) is 0 Å². The Bertz CT molecular complexity index is 826. The van der Waals surface area contributed by atoms with Gasteiger partial charge < -0.3 is 19.7 Å². The predicted molar refractivity (Wildman–Crippen MR) is 118 cm³/mol. The van der Waals surface area contributed by atoms with Gasteiger partial charge in [0.25, 0.3) is 5.91 Å². The van der Waals surface area contributed by atoms with Gasteiger partial charge in [0.1, 0.15) is 6.04 Å². The maximum Gasteiger partial charge on any atom is 0.261 e. The van der Waals surface area contributed by atoms with E-state index in [1.807, 2.05) is 32.0 Å². The Labute approximate surface area is 183 Å². The molecule has 0 saturated carbocycles. The summed E-state index contributed by atoms with van der Waals surface area (Å²) in [4.78, 5) is 27.4. The molecule has 0 saturated heterocycles. The molecule has 7 heteroatoms. The average molecular weight is 433 g/mol. The van der Waals surface area contributed by atoms with Crippen molar-refractivity contribution in [1.29, 1.82) is 0 Å². The van der Waals surface area contributed by atoms with E-state index in [4.69, 9.17) is 21.1 Å². The third-order valence-electron chi connectivity index (χ3n) is 4.62. The molecule has 0 spiro atoms. The smallest absolute Gasteiger partial charge is 0.261 e. The van der Waals surface area contributed by atoms with Gasteiger partial charge in [0, 0.05) is 18.1 Å². The molecule has 0 aliphatic rings. The zero-order valence-corrected chi connectivity index (χ0v) is 18.4. The lowest BCUT2D eigenvalue weighted by molar-refractivity contribution is -0.143. The molecule has 162 valence electrons. The van der Waals surface area contributed by atoms with E-state index in [-0.39, 0.29) is 25.0 Å². The molecule has 2 rings (SSSR count). The minimum absolute atomic E-state index is 0.168. The van der Waals surface area contributed by atoms with Crippen molar-refractivity contribution in [3.63, 3.8) is 0 Å². The number of halogens is 1. The lowest BCUT2D eigenvalue weighted by Crippen LogP contribution is -2.50. The Morgan fingerprint density at radius 2 is 1.73 bits per heavy atom. The van der Waals surface area contributed by atoms with Gasteiger partial charge >= 0.3 is 0 Å². The lowest BCUT2D eigenvalue weighted by atomic mass is 10.1. The van der Waals surface area contributed by atoms with E-state index in [0.717, 1.165) is 12.0 Å². The highest BCUT2D eigenvalue weighted by Crippen LogP contribution is 2.26. The molecule has 0 unspecified atom stereocenters. The van der Waals surface area contributed by atoms with Gasteiger partial charge in [-0.25, -0.2) is 0 Å². The van der Waals surface area contributed by atoms with E-state index in [1.54, 1.807) is 42.3 Å². The number of nitrogens with one attached hydrogen (secondary N) is 1. The van der Waals surface area contributed by atoms with Crippen LogP contribution in [0, 0.1) is 0 Å². The largest absolute Gasteiger partial charge is 0.493 e. The van der Waals surface area contributed by atoms with Crippen molar-refractivity contribution >= 4 is 23.4 Å². The molecule has 0 heterocycles. The van der Waals surface area contributed by atoms with Crippen LogP contribution in [0.25, 0.3) is 0 Å². The van der Waals surface area contributed by atoms with Gasteiger partial charge in [-0.05, 0) is 42.7 Å². The van der Waals surface area contributed by atoms with Gasteiger partial charge in [-0.2, -0.15) is 0 Å². The number of carbonyl (C=O) groups excluding carboxylic acids is 2. The second-order valence-corrected chi connectivity index (χ2v) is 7.24. The summed E-state index contributed by atoms with van der Waals surface area (Å²) in [5.41, 5.74) is 0.881. The van der Waals surface area contributed by atoms with E-state index < -0.39 is 6.04 Å². The van der Waals surface area contributed by atoms with Crippen molar-refractivity contribution < 1.29 is 19.1 Å². The zero-order chi connectivity index (χ0) is 21.9. The molecule has 1 N–H and O–H groups in total. The first-order valence-electron chi connectivity index (χ1n) is 10.1. The molecule has 2 amide bonds. The van der Waals surface area contributed by atoms with Gasteiger partial charge in [-0.3, -0.25) is 9.59 Å². The third-order valence-corrected chi connectivity index (χ3v) is 4.87. The summed E-state index contributed by atoms with van der Waals surface area (Å²) in [7, 11) is 1.54. The summed E-state index contributed by atoms with van der Waals surface area (Å²) in [5, 5.41) is 3.51. The number of amides is 2. The van der Waals surface area contributed by atoms with Gasteiger partial charge in [0.2, 0.25) is 5.91 Å². The Balaban J connectivity index is 2.20. The van der Waals surface area contributed by atoms with Gasteiger partial charge in [-0.15, -0.1) is 0 Å². The molecule has 6 nitrogen and oxygen atoms in total. The Hall–Kier alpha value is -2.73. The number of methoxy groups -OCH3 is 1. The number of carbonyl (C=O) groups is 2. The van der Waals surface area contributed by atoms with Crippen molar-refractivity contribution in [3.05, 3.63) is 59.1 Å². The highest BCUT2D eigenvalue weighted by molar-refractivity contribution is 6.30. The van der Waals surface area contributed by atoms with Crippen LogP contribution in [-0.2, 0) is 16.1 Å². The van der Waals surface area contributed by atoms with Crippen molar-refractivity contribution in [2.45, 2.75) is 39.3 Å². The second kappa shape index (κ2) is 12.1. The Morgan fingerprint density at radius 1 is 1.07 bits per heavy atom. The summed E-state index contributed by atoms with van der Waals surface area (Å²) in [6, 6.07) is 13.8. The molecule has 0 aromatic heterocycles. The molecule has 2 aromatic rings. The van der Waals surface area contributed by atoms with Crippen molar-refractivity contribution in [2.75, 3.05) is 20.3 Å². The predicted octanol–water partition coefficient (Wildman–Crippen LogP) is 4.06. The van der Waals surface area contributed by atoms with E-state index in [9.17, 15) is 9.59 Å². The summed E-state index contributed by atoms with van der Waals surface area (Å²) in [6.07, 6.45) is 1.31. The fraction of sp³-hybridized carbons (Fsp3) is 0.391. The average Bonchev–Trinajstić information content (AvgIpc) is 2.77. The van der Waals surface area contributed by atoms with Crippen molar-refractivity contribution in [2.24, 2.45) is 0 Å². The minimum Gasteiger partial charge on any atom is -0.493 e. The SMILES string of the molecule is CCCNC(=O)[C@H](CC)N(Cc1ccc(Cl)cc1)C(=O)COc1ccccc1OC. The maximum absolute atomic E-state index is 13.1. The van der Waals surface area contributed by atoms with Gasteiger partial charge in [0.15, 0.2) is 18.1 Å². The molecule has 2 aromatic carbocycles. The first-order chi connectivity index (χ1) is 14.5. The van der Waals surface area contributed by atoms with Crippen LogP contribution in [0.2, 0.25) is 5.02 Å². The molecular weight excluding hydrogens is 404 g/mol. The third kappa shape index (κ3) is 6.66. The van der Waals surface area contributed by atoms with E-state index in [0.29, 0.717) is 29.5 Å². The summed E-state index contributed by atoms with van der Waals surface area (Å²) in [6.45, 7) is 4.52. The van der Waals surface area contributed by atoms with Gasteiger partial charge in [0.05, 0.1) is 7.11 Å². The molecule has 0 aliphatic heterocycles. The fourth-order valence-corrected chi connectivity index (χ4v) is 3.16. The number of nitrogens with zero attached hydrogens (tertiary/aromatic N) is 1. The minimum atomic E-state index is -0.596. The van der Waals surface area contributed by atoms with Gasteiger partial charge in [-0.1, -0.05) is 49.7 Å². The summed E-state index contributed by atoms with van der Waals surface area (Å²) < 4.78 is 11.0. The Morgan fingerprint density at radius 3 is 2.33 bits per heavy atom. The number of para-hydroxylation sites is 2. The molecule has 0 fully saturated rings. The van der Waals surface area contributed by atoms with E-state index >= 15 is 0 Å². The fourth-order valence-electron chi connectivity index (χ4n) is 3.03. The van der Waals surface area contributed by atoms with Crippen LogP contribution in [0.5, 0.6) is 11.5 Å². The van der Waals surface area contributed by atoms with Crippen LogP contribution >= 0.6 is 11.6 Å². The number of hydrogen-bond donors (Lipinski definition) is 1.